The van der Waals surface area contributed by atoms with Gasteiger partial charge >= 0.3 is 5.69 Å². The molecular formula is C21H19N5O6S. The number of nitrogens with zero attached hydrogens (tertiary/aromatic N) is 3. The number of hydrogen-bond donors (Lipinski definition) is 2. The monoisotopic (exact) mass is 469 g/mol. The highest BCUT2D eigenvalue weighted by Gasteiger charge is 2.19. The van der Waals surface area contributed by atoms with Crippen molar-refractivity contribution in [2.24, 2.45) is 5.10 Å². The van der Waals surface area contributed by atoms with Crippen LogP contribution in [0.25, 0.3) is 0 Å². The quantitative estimate of drug-likeness (QED) is 0.280. The van der Waals surface area contributed by atoms with E-state index < -0.39 is 31.2 Å². The SMILES string of the molecule is C/C(=N\Nc1ccc([N+](=O)[O-])cc1[N+](=O)[O-])c1ccc(NS(=O)(=O)c2ccc(C)cc2)cc1. The Morgan fingerprint density at radius 2 is 1.55 bits per heavy atom. The van der Waals surface area contributed by atoms with E-state index in [0.717, 1.165) is 17.7 Å². The molecule has 0 saturated carbocycles. The Hall–Kier alpha value is -4.32. The summed E-state index contributed by atoms with van der Waals surface area (Å²) in [6, 6.07) is 16.0. The second-order valence-electron chi connectivity index (χ2n) is 7.02. The number of nitro benzene ring substituents is 2. The molecule has 0 heterocycles. The molecule has 0 radical (unpaired) electrons. The van der Waals surface area contributed by atoms with Crippen molar-refractivity contribution in [3.63, 3.8) is 0 Å². The fraction of sp³-hybridized carbons (Fsp3) is 0.0952. The van der Waals surface area contributed by atoms with Gasteiger partial charge in [-0.2, -0.15) is 5.10 Å². The molecule has 12 heteroatoms. The topological polar surface area (TPSA) is 157 Å². The van der Waals surface area contributed by atoms with Crippen molar-refractivity contribution in [3.8, 4) is 0 Å². The van der Waals surface area contributed by atoms with E-state index in [0.29, 0.717) is 17.0 Å². The van der Waals surface area contributed by atoms with E-state index in [-0.39, 0.29) is 10.6 Å². The predicted octanol–water partition coefficient (Wildman–Crippen LogP) is 4.45. The first-order chi connectivity index (χ1) is 15.6. The van der Waals surface area contributed by atoms with Gasteiger partial charge in [-0.25, -0.2) is 8.42 Å². The van der Waals surface area contributed by atoms with Crippen molar-refractivity contribution in [2.75, 3.05) is 10.1 Å². The fourth-order valence-corrected chi connectivity index (χ4v) is 3.86. The maximum Gasteiger partial charge on any atom is 0.301 e. The lowest BCUT2D eigenvalue weighted by Crippen LogP contribution is -2.13. The molecule has 0 amide bonds. The van der Waals surface area contributed by atoms with Crippen LogP contribution in [0, 0.1) is 27.2 Å². The van der Waals surface area contributed by atoms with E-state index in [4.69, 9.17) is 0 Å². The lowest BCUT2D eigenvalue weighted by molar-refractivity contribution is -0.393. The number of hydrazone groups is 1. The molecule has 0 aliphatic rings. The molecule has 0 spiro atoms. The minimum absolute atomic E-state index is 0.00701. The normalized spacial score (nSPS) is 11.6. The third-order valence-electron chi connectivity index (χ3n) is 4.62. The van der Waals surface area contributed by atoms with Gasteiger partial charge in [-0.1, -0.05) is 29.8 Å². The van der Waals surface area contributed by atoms with Crippen molar-refractivity contribution in [3.05, 3.63) is 98.1 Å². The van der Waals surface area contributed by atoms with E-state index in [9.17, 15) is 28.6 Å². The number of nitrogens with one attached hydrogen (secondary N) is 2. The van der Waals surface area contributed by atoms with Gasteiger partial charge < -0.3 is 0 Å². The molecule has 2 N–H and O–H groups in total. The number of nitro groups is 2. The van der Waals surface area contributed by atoms with Gasteiger partial charge in [0.25, 0.3) is 15.7 Å². The average Bonchev–Trinajstić information content (AvgIpc) is 2.77. The van der Waals surface area contributed by atoms with E-state index in [1.807, 2.05) is 6.92 Å². The summed E-state index contributed by atoms with van der Waals surface area (Å²) in [5.74, 6) is 0. The van der Waals surface area contributed by atoms with Crippen LogP contribution in [0.15, 0.2) is 76.7 Å². The average molecular weight is 469 g/mol. The van der Waals surface area contributed by atoms with Crippen molar-refractivity contribution >= 4 is 38.5 Å². The Morgan fingerprint density at radius 1 is 0.909 bits per heavy atom. The van der Waals surface area contributed by atoms with Gasteiger partial charge in [0.2, 0.25) is 0 Å². The Balaban J connectivity index is 1.75. The van der Waals surface area contributed by atoms with Gasteiger partial charge in [-0.3, -0.25) is 30.4 Å². The van der Waals surface area contributed by atoms with E-state index in [2.05, 4.69) is 15.2 Å². The van der Waals surface area contributed by atoms with Crippen molar-refractivity contribution in [1.82, 2.24) is 0 Å². The first-order valence-corrected chi connectivity index (χ1v) is 11.0. The minimum atomic E-state index is -3.74. The zero-order valence-corrected chi connectivity index (χ0v) is 18.4. The molecule has 0 bridgehead atoms. The molecule has 0 aliphatic carbocycles. The van der Waals surface area contributed by atoms with Crippen molar-refractivity contribution < 1.29 is 18.3 Å². The maximum atomic E-state index is 12.5. The van der Waals surface area contributed by atoms with E-state index >= 15 is 0 Å². The van der Waals surface area contributed by atoms with Crippen LogP contribution in [0.1, 0.15) is 18.1 Å². The summed E-state index contributed by atoms with van der Waals surface area (Å²) in [4.78, 5) is 20.7. The van der Waals surface area contributed by atoms with Crippen LogP contribution in [0.5, 0.6) is 0 Å². The van der Waals surface area contributed by atoms with Crippen LogP contribution in [-0.4, -0.2) is 24.0 Å². The Bertz CT molecular complexity index is 1340. The first kappa shape index (κ1) is 23.3. The lowest BCUT2D eigenvalue weighted by Gasteiger charge is -2.09. The lowest BCUT2D eigenvalue weighted by atomic mass is 10.1. The highest BCUT2D eigenvalue weighted by Crippen LogP contribution is 2.29. The summed E-state index contributed by atoms with van der Waals surface area (Å²) >= 11 is 0. The third-order valence-corrected chi connectivity index (χ3v) is 6.02. The highest BCUT2D eigenvalue weighted by molar-refractivity contribution is 7.92. The third kappa shape index (κ3) is 5.68. The van der Waals surface area contributed by atoms with Gasteiger partial charge in [-0.05, 0) is 49.7 Å². The second-order valence-corrected chi connectivity index (χ2v) is 8.70. The molecule has 11 nitrogen and oxygen atoms in total. The summed E-state index contributed by atoms with van der Waals surface area (Å²) in [7, 11) is -3.74. The highest BCUT2D eigenvalue weighted by atomic mass is 32.2. The zero-order valence-electron chi connectivity index (χ0n) is 17.6. The second kappa shape index (κ2) is 9.44. The summed E-state index contributed by atoms with van der Waals surface area (Å²) in [5.41, 5.74) is 4.03. The zero-order chi connectivity index (χ0) is 24.2. The fourth-order valence-electron chi connectivity index (χ4n) is 2.80. The summed E-state index contributed by atoms with van der Waals surface area (Å²) in [6.07, 6.45) is 0. The molecule has 170 valence electrons. The standard InChI is InChI=1S/C21H19N5O6S/c1-14-3-10-19(11-4-14)33(31,32)24-17-7-5-16(6-8-17)15(2)22-23-20-12-9-18(25(27)28)13-21(20)26(29)30/h3-13,23-24H,1-2H3/b22-15+. The smallest absolute Gasteiger partial charge is 0.280 e. The number of sulfonamides is 1. The minimum Gasteiger partial charge on any atom is -0.280 e. The van der Waals surface area contributed by atoms with Crippen molar-refractivity contribution in [2.45, 2.75) is 18.7 Å². The molecule has 0 aromatic heterocycles. The van der Waals surface area contributed by atoms with Crippen LogP contribution < -0.4 is 10.1 Å². The van der Waals surface area contributed by atoms with Crippen LogP contribution in [-0.2, 0) is 10.0 Å². The molecule has 0 atom stereocenters. The number of non-ortho nitro benzene ring substituents is 1. The van der Waals surface area contributed by atoms with Gasteiger partial charge in [0, 0.05) is 11.8 Å². The number of rotatable bonds is 8. The van der Waals surface area contributed by atoms with Crippen molar-refractivity contribution in [1.29, 1.82) is 0 Å². The molecule has 0 fully saturated rings. The van der Waals surface area contributed by atoms with E-state index in [1.165, 1.54) is 18.2 Å². The maximum absolute atomic E-state index is 12.5. The van der Waals surface area contributed by atoms with Gasteiger partial charge in [0.05, 0.1) is 26.5 Å². The Kier molecular flexibility index (Phi) is 6.68. The number of anilines is 2. The van der Waals surface area contributed by atoms with Crippen LogP contribution in [0.2, 0.25) is 0 Å². The summed E-state index contributed by atoms with van der Waals surface area (Å²) < 4.78 is 27.5. The van der Waals surface area contributed by atoms with Gasteiger partial charge in [0.1, 0.15) is 5.69 Å². The Morgan fingerprint density at radius 3 is 2.12 bits per heavy atom. The largest absolute Gasteiger partial charge is 0.301 e. The van der Waals surface area contributed by atoms with Crippen LogP contribution >= 0.6 is 0 Å². The molecular weight excluding hydrogens is 450 g/mol. The molecule has 0 aliphatic heterocycles. The predicted molar refractivity (Wildman–Crippen MR) is 124 cm³/mol. The van der Waals surface area contributed by atoms with Gasteiger partial charge in [-0.15, -0.1) is 0 Å². The molecule has 0 unspecified atom stereocenters. The summed E-state index contributed by atoms with van der Waals surface area (Å²) in [6.45, 7) is 3.51. The van der Waals surface area contributed by atoms with Gasteiger partial charge in [0.15, 0.2) is 0 Å². The molecule has 0 saturated heterocycles. The number of hydrogen-bond acceptors (Lipinski definition) is 8. The molecule has 3 aromatic rings. The summed E-state index contributed by atoms with van der Waals surface area (Å²) in [5, 5.41) is 26.2. The molecule has 33 heavy (non-hydrogen) atoms. The first-order valence-electron chi connectivity index (χ1n) is 9.50. The molecule has 3 rings (SSSR count). The van der Waals surface area contributed by atoms with E-state index in [1.54, 1.807) is 43.3 Å². The number of benzene rings is 3. The molecule has 3 aromatic carbocycles. The number of aryl methyl sites for hydroxylation is 1. The Labute approximate surface area is 189 Å². The van der Waals surface area contributed by atoms with Crippen LogP contribution in [0.4, 0.5) is 22.7 Å². The van der Waals surface area contributed by atoms with Crippen LogP contribution in [0.3, 0.4) is 0 Å².